The Labute approximate surface area is 94.2 Å². The summed E-state index contributed by atoms with van der Waals surface area (Å²) >= 11 is 0. The van der Waals surface area contributed by atoms with Crippen LogP contribution in [0.3, 0.4) is 0 Å². The highest BCUT2D eigenvalue weighted by Gasteiger charge is 2.47. The van der Waals surface area contributed by atoms with Crippen molar-refractivity contribution in [1.29, 1.82) is 0 Å². The van der Waals surface area contributed by atoms with Gasteiger partial charge in [0.25, 0.3) is 0 Å². The molecular formula is C12H24ClN. The zero-order valence-corrected chi connectivity index (χ0v) is 10.5. The number of fused-ring (bicyclic) bond motifs is 2. The summed E-state index contributed by atoms with van der Waals surface area (Å²) in [5.41, 5.74) is 7.26. The van der Waals surface area contributed by atoms with Crippen molar-refractivity contribution in [2.24, 2.45) is 22.5 Å². The van der Waals surface area contributed by atoms with Crippen molar-refractivity contribution in [1.82, 2.24) is 0 Å². The molecule has 2 saturated carbocycles. The second-order valence-electron chi connectivity index (χ2n) is 6.48. The lowest BCUT2D eigenvalue weighted by Gasteiger charge is -2.53. The van der Waals surface area contributed by atoms with Crippen LogP contribution < -0.4 is 5.73 Å². The summed E-state index contributed by atoms with van der Waals surface area (Å²) in [4.78, 5) is 0. The number of halogens is 1. The highest BCUT2D eigenvalue weighted by Crippen LogP contribution is 2.56. The molecule has 0 aromatic carbocycles. The fraction of sp³-hybridized carbons (Fsp3) is 1.00. The van der Waals surface area contributed by atoms with Crippen molar-refractivity contribution in [3.05, 3.63) is 0 Å². The summed E-state index contributed by atoms with van der Waals surface area (Å²) in [6.07, 6.45) is 6.73. The lowest BCUT2D eigenvalue weighted by atomic mass is 9.53. The van der Waals surface area contributed by atoms with E-state index >= 15 is 0 Å². The van der Waals surface area contributed by atoms with E-state index in [0.29, 0.717) is 16.9 Å². The monoisotopic (exact) mass is 217 g/mol. The first-order chi connectivity index (χ1) is 5.91. The van der Waals surface area contributed by atoms with Gasteiger partial charge in [0, 0.05) is 6.04 Å². The molecule has 84 valence electrons. The Hall–Kier alpha value is 0.250. The van der Waals surface area contributed by atoms with Gasteiger partial charge in [-0.1, -0.05) is 20.8 Å². The van der Waals surface area contributed by atoms with Crippen molar-refractivity contribution >= 4 is 12.4 Å². The predicted molar refractivity (Wildman–Crippen MR) is 63.7 cm³/mol. The molecule has 2 N–H and O–H groups in total. The molecular weight excluding hydrogens is 194 g/mol. The molecule has 2 bridgehead atoms. The molecule has 0 heterocycles. The van der Waals surface area contributed by atoms with Crippen LogP contribution in [0, 0.1) is 16.7 Å². The van der Waals surface area contributed by atoms with Gasteiger partial charge in [-0.2, -0.15) is 0 Å². The summed E-state index contributed by atoms with van der Waals surface area (Å²) in [5.74, 6) is 0.913. The van der Waals surface area contributed by atoms with E-state index in [1.54, 1.807) is 0 Å². The molecule has 0 aromatic rings. The van der Waals surface area contributed by atoms with E-state index in [9.17, 15) is 0 Å². The first kappa shape index (κ1) is 12.3. The van der Waals surface area contributed by atoms with E-state index in [2.05, 4.69) is 20.8 Å². The Morgan fingerprint density at radius 3 is 1.86 bits per heavy atom. The molecule has 0 amide bonds. The van der Waals surface area contributed by atoms with Gasteiger partial charge in [-0.05, 0) is 48.9 Å². The van der Waals surface area contributed by atoms with E-state index in [1.807, 2.05) is 0 Å². The molecule has 2 fully saturated rings. The van der Waals surface area contributed by atoms with Gasteiger partial charge >= 0.3 is 0 Å². The van der Waals surface area contributed by atoms with Crippen LogP contribution in [0.2, 0.25) is 0 Å². The third kappa shape index (κ3) is 2.25. The Morgan fingerprint density at radius 2 is 1.43 bits per heavy atom. The first-order valence-electron chi connectivity index (χ1n) is 5.66. The van der Waals surface area contributed by atoms with Crippen LogP contribution in [0.15, 0.2) is 0 Å². The average Bonchev–Trinajstić information content (AvgIpc) is 1.75. The van der Waals surface area contributed by atoms with E-state index in [1.165, 1.54) is 32.1 Å². The number of nitrogens with two attached hydrogens (primary N) is 1. The lowest BCUT2D eigenvalue weighted by molar-refractivity contribution is -0.0121. The summed E-state index contributed by atoms with van der Waals surface area (Å²) in [7, 11) is 0. The Kier molecular flexibility index (Phi) is 3.24. The van der Waals surface area contributed by atoms with E-state index in [0.717, 1.165) is 5.92 Å². The highest BCUT2D eigenvalue weighted by atomic mass is 35.5. The van der Waals surface area contributed by atoms with Crippen LogP contribution in [0.5, 0.6) is 0 Å². The van der Waals surface area contributed by atoms with Gasteiger partial charge in [0.05, 0.1) is 0 Å². The molecule has 0 aliphatic heterocycles. The molecule has 0 radical (unpaired) electrons. The molecule has 2 rings (SSSR count). The highest BCUT2D eigenvalue weighted by molar-refractivity contribution is 5.85. The number of rotatable bonds is 0. The molecule has 2 aliphatic carbocycles. The Bertz CT molecular complexity index is 180. The van der Waals surface area contributed by atoms with Crippen LogP contribution >= 0.6 is 12.4 Å². The Morgan fingerprint density at radius 1 is 1.00 bits per heavy atom. The third-order valence-corrected chi connectivity index (χ3v) is 4.05. The predicted octanol–water partition coefficient (Wildman–Crippen LogP) is 3.36. The Balaban J connectivity index is 0.000000980. The van der Waals surface area contributed by atoms with Gasteiger partial charge in [0.1, 0.15) is 0 Å². The quantitative estimate of drug-likeness (QED) is 0.662. The van der Waals surface area contributed by atoms with Crippen molar-refractivity contribution in [2.75, 3.05) is 0 Å². The van der Waals surface area contributed by atoms with E-state index in [-0.39, 0.29) is 12.4 Å². The van der Waals surface area contributed by atoms with Gasteiger partial charge in [-0.25, -0.2) is 0 Å². The fourth-order valence-electron chi connectivity index (χ4n) is 4.58. The maximum absolute atomic E-state index is 6.14. The minimum atomic E-state index is 0. The summed E-state index contributed by atoms with van der Waals surface area (Å²) in [6, 6.07) is 0.469. The second kappa shape index (κ2) is 3.68. The van der Waals surface area contributed by atoms with Gasteiger partial charge in [-0.15, -0.1) is 12.4 Å². The molecule has 2 atom stereocenters. The van der Waals surface area contributed by atoms with Crippen molar-refractivity contribution < 1.29 is 0 Å². The number of hydrogen-bond acceptors (Lipinski definition) is 1. The van der Waals surface area contributed by atoms with Crippen LogP contribution in [0.25, 0.3) is 0 Å². The summed E-state index contributed by atoms with van der Waals surface area (Å²) < 4.78 is 0. The van der Waals surface area contributed by atoms with Crippen molar-refractivity contribution in [2.45, 2.75) is 58.9 Å². The van der Waals surface area contributed by atoms with Gasteiger partial charge in [0.15, 0.2) is 0 Å². The molecule has 2 heteroatoms. The number of hydrogen-bond donors (Lipinski definition) is 1. The average molecular weight is 218 g/mol. The first-order valence-corrected chi connectivity index (χ1v) is 5.66. The zero-order chi connectivity index (χ0) is 9.69. The smallest absolute Gasteiger partial charge is 0.00492 e. The third-order valence-electron chi connectivity index (χ3n) is 4.05. The molecule has 1 nitrogen and oxygen atoms in total. The SMILES string of the molecule is CC1CC2(C)CC(N)CC(C)(C1)C2.Cl. The summed E-state index contributed by atoms with van der Waals surface area (Å²) in [6.45, 7) is 7.30. The molecule has 2 unspecified atom stereocenters. The second-order valence-corrected chi connectivity index (χ2v) is 6.48. The molecule has 0 spiro atoms. The van der Waals surface area contributed by atoms with Crippen molar-refractivity contribution in [3.63, 3.8) is 0 Å². The van der Waals surface area contributed by atoms with E-state index in [4.69, 9.17) is 5.73 Å². The van der Waals surface area contributed by atoms with Crippen LogP contribution in [0.4, 0.5) is 0 Å². The van der Waals surface area contributed by atoms with Gasteiger partial charge in [-0.3, -0.25) is 0 Å². The summed E-state index contributed by atoms with van der Waals surface area (Å²) in [5, 5.41) is 0. The van der Waals surface area contributed by atoms with Gasteiger partial charge in [0.2, 0.25) is 0 Å². The minimum Gasteiger partial charge on any atom is -0.328 e. The van der Waals surface area contributed by atoms with Crippen LogP contribution in [0.1, 0.15) is 52.9 Å². The van der Waals surface area contributed by atoms with Crippen LogP contribution in [-0.4, -0.2) is 6.04 Å². The zero-order valence-electron chi connectivity index (χ0n) is 9.68. The molecule has 14 heavy (non-hydrogen) atoms. The van der Waals surface area contributed by atoms with Crippen LogP contribution in [-0.2, 0) is 0 Å². The van der Waals surface area contributed by atoms with E-state index < -0.39 is 0 Å². The maximum atomic E-state index is 6.14. The van der Waals surface area contributed by atoms with Crippen molar-refractivity contribution in [3.8, 4) is 0 Å². The normalized spacial score (nSPS) is 52.3. The lowest BCUT2D eigenvalue weighted by Crippen LogP contribution is -2.48. The fourth-order valence-corrected chi connectivity index (χ4v) is 4.58. The van der Waals surface area contributed by atoms with Gasteiger partial charge < -0.3 is 5.73 Å². The largest absolute Gasteiger partial charge is 0.328 e. The minimum absolute atomic E-state index is 0. The standard InChI is InChI=1S/C12H23N.ClH/c1-9-4-11(2)6-10(13)7-12(3,5-9)8-11;/h9-10H,4-8,13H2,1-3H3;1H. The molecule has 2 aliphatic rings. The maximum Gasteiger partial charge on any atom is 0.00492 e. The molecule has 0 aromatic heterocycles. The topological polar surface area (TPSA) is 26.0 Å². The molecule has 0 saturated heterocycles.